The van der Waals surface area contributed by atoms with Crippen molar-refractivity contribution in [2.75, 3.05) is 11.9 Å². The Morgan fingerprint density at radius 2 is 2.22 bits per heavy atom. The summed E-state index contributed by atoms with van der Waals surface area (Å²) in [4.78, 5) is 14.0. The Bertz CT molecular complexity index is 489. The molecule has 6 nitrogen and oxygen atoms in total. The second-order valence-electron chi connectivity index (χ2n) is 4.46. The average molecular weight is 246 g/mol. The lowest BCUT2D eigenvalue weighted by molar-refractivity contribution is -0.385. The SMILES string of the molecule is N#Cc1nc(NCC2CCCC2)ccc1[N+](=O)[O-]. The highest BCUT2D eigenvalue weighted by atomic mass is 16.6. The first-order valence-electron chi connectivity index (χ1n) is 6.00. The lowest BCUT2D eigenvalue weighted by Gasteiger charge is -2.10. The van der Waals surface area contributed by atoms with Crippen molar-refractivity contribution in [3.63, 3.8) is 0 Å². The van der Waals surface area contributed by atoms with Crippen molar-refractivity contribution in [3.8, 4) is 6.07 Å². The molecule has 1 heterocycles. The summed E-state index contributed by atoms with van der Waals surface area (Å²) in [5.74, 6) is 1.18. The molecule has 2 rings (SSSR count). The topological polar surface area (TPSA) is 91.8 Å². The smallest absolute Gasteiger partial charge is 0.305 e. The summed E-state index contributed by atoms with van der Waals surface area (Å²) in [6.07, 6.45) is 4.96. The van der Waals surface area contributed by atoms with Crippen molar-refractivity contribution < 1.29 is 4.92 Å². The molecule has 1 aliphatic rings. The van der Waals surface area contributed by atoms with Crippen LogP contribution >= 0.6 is 0 Å². The molecule has 1 aliphatic carbocycles. The lowest BCUT2D eigenvalue weighted by Crippen LogP contribution is -2.12. The van der Waals surface area contributed by atoms with Crippen LogP contribution in [-0.4, -0.2) is 16.5 Å². The Morgan fingerprint density at radius 1 is 1.50 bits per heavy atom. The van der Waals surface area contributed by atoms with Crippen LogP contribution in [0, 0.1) is 27.4 Å². The Morgan fingerprint density at radius 3 is 2.83 bits per heavy atom. The first-order chi connectivity index (χ1) is 8.70. The van der Waals surface area contributed by atoms with Crippen LogP contribution < -0.4 is 5.32 Å². The summed E-state index contributed by atoms with van der Waals surface area (Å²) in [5, 5.41) is 22.6. The van der Waals surface area contributed by atoms with E-state index < -0.39 is 4.92 Å². The van der Waals surface area contributed by atoms with Crippen LogP contribution in [0.5, 0.6) is 0 Å². The third-order valence-electron chi connectivity index (χ3n) is 3.22. The van der Waals surface area contributed by atoms with Crippen LogP contribution in [0.1, 0.15) is 31.4 Å². The van der Waals surface area contributed by atoms with Crippen molar-refractivity contribution in [1.29, 1.82) is 5.26 Å². The zero-order chi connectivity index (χ0) is 13.0. The molecule has 1 N–H and O–H groups in total. The lowest BCUT2D eigenvalue weighted by atomic mass is 10.1. The Hall–Kier alpha value is -2.16. The minimum atomic E-state index is -0.591. The third-order valence-corrected chi connectivity index (χ3v) is 3.22. The zero-order valence-corrected chi connectivity index (χ0v) is 9.93. The molecule has 1 fully saturated rings. The van der Waals surface area contributed by atoms with Crippen molar-refractivity contribution >= 4 is 11.5 Å². The van der Waals surface area contributed by atoms with Gasteiger partial charge in [0.05, 0.1) is 4.92 Å². The summed E-state index contributed by atoms with van der Waals surface area (Å²) >= 11 is 0. The molecule has 0 aliphatic heterocycles. The molecular weight excluding hydrogens is 232 g/mol. The highest BCUT2D eigenvalue weighted by molar-refractivity contribution is 5.50. The molecule has 0 radical (unpaired) electrons. The Balaban J connectivity index is 2.05. The van der Waals surface area contributed by atoms with Crippen molar-refractivity contribution in [2.45, 2.75) is 25.7 Å². The third kappa shape index (κ3) is 2.74. The molecule has 0 atom stereocenters. The fourth-order valence-electron chi connectivity index (χ4n) is 2.24. The quantitative estimate of drug-likeness (QED) is 0.650. The number of nitrogens with zero attached hydrogens (tertiary/aromatic N) is 3. The number of aromatic nitrogens is 1. The molecule has 1 aromatic heterocycles. The number of pyridine rings is 1. The van der Waals surface area contributed by atoms with Gasteiger partial charge in [-0.1, -0.05) is 12.8 Å². The summed E-state index contributed by atoms with van der Waals surface area (Å²) in [7, 11) is 0. The number of rotatable bonds is 4. The van der Waals surface area contributed by atoms with E-state index in [0.29, 0.717) is 11.7 Å². The van der Waals surface area contributed by atoms with Gasteiger partial charge in [0.2, 0.25) is 5.69 Å². The van der Waals surface area contributed by atoms with E-state index in [1.807, 2.05) is 0 Å². The van der Waals surface area contributed by atoms with Crippen LogP contribution in [0.25, 0.3) is 0 Å². The molecule has 0 bridgehead atoms. The standard InChI is InChI=1S/C12H14N4O2/c13-7-10-11(16(17)18)5-6-12(15-10)14-8-9-3-1-2-4-9/h5-6,9H,1-4,8H2,(H,14,15). The first-order valence-corrected chi connectivity index (χ1v) is 6.00. The largest absolute Gasteiger partial charge is 0.370 e. The number of hydrogen-bond donors (Lipinski definition) is 1. The number of anilines is 1. The molecule has 0 aromatic carbocycles. The van der Waals surface area contributed by atoms with Gasteiger partial charge in [-0.15, -0.1) is 0 Å². The maximum absolute atomic E-state index is 10.7. The summed E-state index contributed by atoms with van der Waals surface area (Å²) in [6, 6.07) is 4.62. The summed E-state index contributed by atoms with van der Waals surface area (Å²) in [6.45, 7) is 0.815. The monoisotopic (exact) mass is 246 g/mol. The van der Waals surface area contributed by atoms with Gasteiger partial charge in [-0.05, 0) is 24.8 Å². The molecule has 1 saturated carbocycles. The molecular formula is C12H14N4O2. The van der Waals surface area contributed by atoms with E-state index in [4.69, 9.17) is 5.26 Å². The van der Waals surface area contributed by atoms with Gasteiger partial charge in [0.15, 0.2) is 0 Å². The van der Waals surface area contributed by atoms with E-state index in [-0.39, 0.29) is 11.4 Å². The van der Waals surface area contributed by atoms with Gasteiger partial charge in [0.25, 0.3) is 0 Å². The maximum Gasteiger partial charge on any atom is 0.305 e. The number of hydrogen-bond acceptors (Lipinski definition) is 5. The highest BCUT2D eigenvalue weighted by Gasteiger charge is 2.17. The molecule has 1 aromatic rings. The van der Waals surface area contributed by atoms with Crippen LogP contribution in [0.3, 0.4) is 0 Å². The second-order valence-corrected chi connectivity index (χ2v) is 4.46. The second kappa shape index (κ2) is 5.45. The van der Waals surface area contributed by atoms with Crippen LogP contribution in [-0.2, 0) is 0 Å². The fraction of sp³-hybridized carbons (Fsp3) is 0.500. The Labute approximate surface area is 105 Å². The van der Waals surface area contributed by atoms with Gasteiger partial charge >= 0.3 is 5.69 Å². The highest BCUT2D eigenvalue weighted by Crippen LogP contribution is 2.25. The van der Waals surface area contributed by atoms with Crippen LogP contribution in [0.15, 0.2) is 12.1 Å². The normalized spacial score (nSPS) is 15.3. The molecule has 0 saturated heterocycles. The Kier molecular flexibility index (Phi) is 3.72. The van der Waals surface area contributed by atoms with Crippen LogP contribution in [0.2, 0.25) is 0 Å². The van der Waals surface area contributed by atoms with E-state index in [1.54, 1.807) is 12.1 Å². The van der Waals surface area contributed by atoms with Crippen molar-refractivity contribution in [1.82, 2.24) is 4.98 Å². The van der Waals surface area contributed by atoms with E-state index in [0.717, 1.165) is 6.54 Å². The van der Waals surface area contributed by atoms with E-state index in [2.05, 4.69) is 10.3 Å². The van der Waals surface area contributed by atoms with E-state index in [1.165, 1.54) is 31.7 Å². The van der Waals surface area contributed by atoms with Gasteiger partial charge in [-0.3, -0.25) is 10.1 Å². The first kappa shape index (κ1) is 12.3. The molecule has 6 heteroatoms. The van der Waals surface area contributed by atoms with Crippen LogP contribution in [0.4, 0.5) is 11.5 Å². The summed E-state index contributed by atoms with van der Waals surface area (Å²) < 4.78 is 0. The average Bonchev–Trinajstić information content (AvgIpc) is 2.88. The van der Waals surface area contributed by atoms with Crippen molar-refractivity contribution in [2.24, 2.45) is 5.92 Å². The fourth-order valence-corrected chi connectivity index (χ4v) is 2.24. The van der Waals surface area contributed by atoms with Gasteiger partial charge in [0.1, 0.15) is 11.9 Å². The molecule has 0 unspecified atom stereocenters. The van der Waals surface area contributed by atoms with Gasteiger partial charge < -0.3 is 5.32 Å². The van der Waals surface area contributed by atoms with E-state index in [9.17, 15) is 10.1 Å². The maximum atomic E-state index is 10.7. The van der Waals surface area contributed by atoms with Gasteiger partial charge in [0, 0.05) is 12.6 Å². The minimum absolute atomic E-state index is 0.142. The molecule has 0 amide bonds. The number of nitriles is 1. The van der Waals surface area contributed by atoms with E-state index >= 15 is 0 Å². The zero-order valence-electron chi connectivity index (χ0n) is 9.93. The van der Waals surface area contributed by atoms with Crippen molar-refractivity contribution in [3.05, 3.63) is 27.9 Å². The predicted octanol–water partition coefficient (Wildman–Crippen LogP) is 2.46. The summed E-state index contributed by atoms with van der Waals surface area (Å²) in [5.41, 5.74) is -0.389. The minimum Gasteiger partial charge on any atom is -0.370 e. The number of nitrogens with one attached hydrogen (secondary N) is 1. The van der Waals surface area contributed by atoms with Gasteiger partial charge in [-0.25, -0.2) is 4.98 Å². The number of nitro groups is 1. The molecule has 0 spiro atoms. The molecule has 94 valence electrons. The van der Waals surface area contributed by atoms with Gasteiger partial charge in [-0.2, -0.15) is 5.26 Å². The molecule has 18 heavy (non-hydrogen) atoms. The predicted molar refractivity (Wildman–Crippen MR) is 66.1 cm³/mol.